The van der Waals surface area contributed by atoms with Crippen LogP contribution in [-0.4, -0.2) is 15.5 Å². The van der Waals surface area contributed by atoms with Crippen LogP contribution < -0.4 is 10.9 Å². The number of carbonyl (C=O) groups is 1. The van der Waals surface area contributed by atoms with Crippen LogP contribution in [0.3, 0.4) is 0 Å². The van der Waals surface area contributed by atoms with Crippen LogP contribution in [0.5, 0.6) is 0 Å². The first-order valence-corrected chi connectivity index (χ1v) is 8.16. The Morgan fingerprint density at radius 2 is 2.00 bits per heavy atom. The molecule has 25 heavy (non-hydrogen) atoms. The van der Waals surface area contributed by atoms with E-state index in [1.165, 1.54) is 4.57 Å². The number of allylic oxidation sites excluding steroid dienone is 1. The number of aromatic amines is 1. The van der Waals surface area contributed by atoms with Crippen molar-refractivity contribution in [2.45, 2.75) is 13.5 Å². The standard InChI is InChI=1S/C19H17N3O2S/c1-3-10-22-18(24)15-9-6-13(11-16(15)21-19(22)25)17(23)20-14-7-4-12(2)5-8-14/h3-9,11H,1,10H2,2H3,(H,20,23)(H,21,25). The molecule has 0 unspecified atom stereocenters. The van der Waals surface area contributed by atoms with Crippen molar-refractivity contribution in [1.82, 2.24) is 9.55 Å². The highest BCUT2D eigenvalue weighted by Crippen LogP contribution is 2.14. The molecular formula is C19H17N3O2S. The number of rotatable bonds is 4. The summed E-state index contributed by atoms with van der Waals surface area (Å²) in [5.74, 6) is -0.250. The number of amides is 1. The topological polar surface area (TPSA) is 66.9 Å². The fourth-order valence-electron chi connectivity index (χ4n) is 2.53. The predicted octanol–water partition coefficient (Wildman–Crippen LogP) is 3.81. The Bertz CT molecular complexity index is 1080. The van der Waals surface area contributed by atoms with Crippen LogP contribution in [-0.2, 0) is 6.54 Å². The average molecular weight is 351 g/mol. The summed E-state index contributed by atoms with van der Waals surface area (Å²) < 4.78 is 1.73. The number of carbonyl (C=O) groups excluding carboxylic acids is 1. The van der Waals surface area contributed by atoms with E-state index in [0.29, 0.717) is 33.5 Å². The van der Waals surface area contributed by atoms with Crippen LogP contribution in [0.4, 0.5) is 5.69 Å². The molecule has 0 saturated heterocycles. The number of hydrogen-bond donors (Lipinski definition) is 2. The number of hydrogen-bond acceptors (Lipinski definition) is 3. The summed E-state index contributed by atoms with van der Waals surface area (Å²) in [4.78, 5) is 27.9. The van der Waals surface area contributed by atoms with E-state index in [1.807, 2.05) is 31.2 Å². The Hall–Kier alpha value is -2.99. The van der Waals surface area contributed by atoms with Crippen LogP contribution in [0.2, 0.25) is 0 Å². The minimum atomic E-state index is -0.250. The molecule has 0 fully saturated rings. The second-order valence-electron chi connectivity index (χ2n) is 5.72. The fourth-order valence-corrected chi connectivity index (χ4v) is 2.80. The summed E-state index contributed by atoms with van der Waals surface area (Å²) in [6, 6.07) is 12.4. The molecule has 1 aromatic heterocycles. The first kappa shape index (κ1) is 16.9. The normalized spacial score (nSPS) is 10.6. The van der Waals surface area contributed by atoms with Gasteiger partial charge in [-0.15, -0.1) is 6.58 Å². The fraction of sp³-hybridized carbons (Fsp3) is 0.105. The zero-order valence-electron chi connectivity index (χ0n) is 13.7. The zero-order chi connectivity index (χ0) is 18.0. The van der Waals surface area contributed by atoms with Crippen LogP contribution in [0.15, 0.2) is 59.9 Å². The second kappa shape index (κ2) is 6.86. The van der Waals surface area contributed by atoms with Gasteiger partial charge in [-0.05, 0) is 49.5 Å². The number of fused-ring (bicyclic) bond motifs is 1. The van der Waals surface area contributed by atoms with Crippen LogP contribution in [0.25, 0.3) is 10.9 Å². The number of aromatic nitrogens is 2. The minimum absolute atomic E-state index is 0.204. The number of aryl methyl sites for hydroxylation is 1. The Kier molecular flexibility index (Phi) is 4.63. The van der Waals surface area contributed by atoms with Gasteiger partial charge in [-0.3, -0.25) is 14.2 Å². The van der Waals surface area contributed by atoms with Crippen LogP contribution in [0.1, 0.15) is 15.9 Å². The molecule has 0 saturated carbocycles. The summed E-state index contributed by atoms with van der Waals surface area (Å²) in [7, 11) is 0. The molecule has 1 heterocycles. The molecule has 3 aromatic rings. The van der Waals surface area contributed by atoms with Gasteiger partial charge >= 0.3 is 0 Å². The molecule has 0 radical (unpaired) electrons. The highest BCUT2D eigenvalue weighted by Gasteiger charge is 2.10. The summed E-state index contributed by atoms with van der Waals surface area (Å²) in [6.45, 7) is 5.94. The lowest BCUT2D eigenvalue weighted by atomic mass is 10.1. The first-order valence-electron chi connectivity index (χ1n) is 7.75. The smallest absolute Gasteiger partial charge is 0.262 e. The monoisotopic (exact) mass is 351 g/mol. The average Bonchev–Trinajstić information content (AvgIpc) is 2.60. The quantitative estimate of drug-likeness (QED) is 0.555. The van der Waals surface area contributed by atoms with E-state index in [9.17, 15) is 9.59 Å². The molecule has 2 aromatic carbocycles. The molecule has 0 bridgehead atoms. The van der Waals surface area contributed by atoms with Crippen LogP contribution >= 0.6 is 12.2 Å². The minimum Gasteiger partial charge on any atom is -0.332 e. The molecular weight excluding hydrogens is 334 g/mol. The molecule has 0 aliphatic rings. The van der Waals surface area contributed by atoms with Gasteiger partial charge < -0.3 is 10.3 Å². The van der Waals surface area contributed by atoms with E-state index >= 15 is 0 Å². The van der Waals surface area contributed by atoms with E-state index in [1.54, 1.807) is 24.3 Å². The predicted molar refractivity (Wildman–Crippen MR) is 103 cm³/mol. The van der Waals surface area contributed by atoms with E-state index in [-0.39, 0.29) is 11.5 Å². The van der Waals surface area contributed by atoms with Gasteiger partial charge in [0.2, 0.25) is 0 Å². The largest absolute Gasteiger partial charge is 0.332 e. The molecule has 3 rings (SSSR count). The highest BCUT2D eigenvalue weighted by atomic mass is 32.1. The highest BCUT2D eigenvalue weighted by molar-refractivity contribution is 7.71. The van der Waals surface area contributed by atoms with Crippen LogP contribution in [0, 0.1) is 11.7 Å². The van der Waals surface area contributed by atoms with Crippen molar-refractivity contribution in [3.8, 4) is 0 Å². The lowest BCUT2D eigenvalue weighted by Crippen LogP contribution is -2.22. The van der Waals surface area contributed by atoms with Gasteiger partial charge in [0, 0.05) is 17.8 Å². The van der Waals surface area contributed by atoms with Gasteiger partial charge in [0.15, 0.2) is 4.77 Å². The Morgan fingerprint density at radius 1 is 1.28 bits per heavy atom. The second-order valence-corrected chi connectivity index (χ2v) is 6.10. The van der Waals surface area contributed by atoms with E-state index in [4.69, 9.17) is 12.2 Å². The number of nitrogens with zero attached hydrogens (tertiary/aromatic N) is 1. The van der Waals surface area contributed by atoms with E-state index in [0.717, 1.165) is 5.56 Å². The Balaban J connectivity index is 1.98. The first-order chi connectivity index (χ1) is 12.0. The number of nitrogens with one attached hydrogen (secondary N) is 2. The maximum absolute atomic E-state index is 12.5. The van der Waals surface area contributed by atoms with Crippen molar-refractivity contribution >= 4 is 34.7 Å². The summed E-state index contributed by atoms with van der Waals surface area (Å²) in [6.07, 6.45) is 1.61. The lowest BCUT2D eigenvalue weighted by molar-refractivity contribution is 0.102. The zero-order valence-corrected chi connectivity index (χ0v) is 14.5. The summed E-state index contributed by atoms with van der Waals surface area (Å²) >= 11 is 5.22. The molecule has 5 nitrogen and oxygen atoms in total. The molecule has 1 amide bonds. The Morgan fingerprint density at radius 3 is 2.68 bits per heavy atom. The van der Waals surface area contributed by atoms with E-state index in [2.05, 4.69) is 16.9 Å². The van der Waals surface area contributed by atoms with Crippen molar-refractivity contribution < 1.29 is 4.79 Å². The van der Waals surface area contributed by atoms with Gasteiger partial charge in [-0.1, -0.05) is 23.8 Å². The summed E-state index contributed by atoms with van der Waals surface area (Å²) in [5, 5.41) is 3.31. The molecule has 6 heteroatoms. The van der Waals surface area contributed by atoms with Gasteiger partial charge in [0.05, 0.1) is 10.9 Å². The van der Waals surface area contributed by atoms with Crippen molar-refractivity contribution in [2.75, 3.05) is 5.32 Å². The third-order valence-electron chi connectivity index (χ3n) is 3.87. The van der Waals surface area contributed by atoms with Crippen molar-refractivity contribution in [2.24, 2.45) is 0 Å². The summed E-state index contributed by atoms with van der Waals surface area (Å²) in [5.41, 5.74) is 2.60. The van der Waals surface area contributed by atoms with E-state index < -0.39 is 0 Å². The molecule has 0 aliphatic heterocycles. The van der Waals surface area contributed by atoms with Crippen molar-refractivity contribution in [3.63, 3.8) is 0 Å². The number of benzene rings is 2. The molecule has 0 atom stereocenters. The third kappa shape index (κ3) is 3.44. The molecule has 2 N–H and O–H groups in total. The number of anilines is 1. The van der Waals surface area contributed by atoms with Crippen molar-refractivity contribution in [3.05, 3.63) is 81.4 Å². The van der Waals surface area contributed by atoms with Gasteiger partial charge in [-0.2, -0.15) is 0 Å². The van der Waals surface area contributed by atoms with Gasteiger partial charge in [0.1, 0.15) is 0 Å². The molecule has 126 valence electrons. The maximum Gasteiger partial charge on any atom is 0.262 e. The maximum atomic E-state index is 12.5. The molecule has 0 spiro atoms. The SMILES string of the molecule is C=CCn1c(=S)[nH]c2cc(C(=O)Nc3ccc(C)cc3)ccc2c1=O. The third-order valence-corrected chi connectivity index (χ3v) is 4.19. The Labute approximate surface area is 149 Å². The van der Waals surface area contributed by atoms with Gasteiger partial charge in [0.25, 0.3) is 11.5 Å². The lowest BCUT2D eigenvalue weighted by Gasteiger charge is -2.08. The van der Waals surface area contributed by atoms with Gasteiger partial charge in [-0.25, -0.2) is 0 Å². The molecule has 0 aliphatic carbocycles. The number of H-pyrrole nitrogens is 1. The van der Waals surface area contributed by atoms with Crippen molar-refractivity contribution in [1.29, 1.82) is 0 Å².